The lowest BCUT2D eigenvalue weighted by Gasteiger charge is -2.39. The lowest BCUT2D eigenvalue weighted by Crippen LogP contribution is -2.41. The number of ketones is 1. The number of rotatable bonds is 4. The number of nitro benzene ring substituents is 1. The number of Topliss-reactive ketones (excluding diaryl/α,β-unsaturated/α-hetero) is 1. The van der Waals surface area contributed by atoms with Gasteiger partial charge in [-0.05, 0) is 37.5 Å². The molecule has 0 spiro atoms. The molecule has 0 fully saturated rings. The molecule has 0 aromatic heterocycles. The topological polar surface area (TPSA) is 125 Å². The molecule has 2 aliphatic rings. The average Bonchev–Trinajstić information content (AvgIpc) is 2.77. The summed E-state index contributed by atoms with van der Waals surface area (Å²) >= 11 is 0. The van der Waals surface area contributed by atoms with Crippen LogP contribution in [0.15, 0.2) is 71.2 Å². The SMILES string of the molecule is Cc1ccc(NN2C(N)=C(C#N)[C@H](c3ccc([N+](=O)[O-])cc3)C3=C2CCCC3=O)cc1. The van der Waals surface area contributed by atoms with Crippen LogP contribution in [0.25, 0.3) is 0 Å². The third-order valence-electron chi connectivity index (χ3n) is 5.64. The molecule has 8 nitrogen and oxygen atoms in total. The Kier molecular flexibility index (Phi) is 5.17. The molecule has 156 valence electrons. The van der Waals surface area contributed by atoms with Crippen LogP contribution in [0, 0.1) is 28.4 Å². The quantitative estimate of drug-likeness (QED) is 0.570. The molecule has 1 aliphatic carbocycles. The molecule has 3 N–H and O–H groups in total. The van der Waals surface area contributed by atoms with E-state index in [1.54, 1.807) is 17.1 Å². The Morgan fingerprint density at radius 1 is 1.16 bits per heavy atom. The number of nitrogens with one attached hydrogen (secondary N) is 1. The highest BCUT2D eigenvalue weighted by atomic mass is 16.6. The molecular formula is C23H21N5O3. The molecule has 31 heavy (non-hydrogen) atoms. The van der Waals surface area contributed by atoms with Crippen LogP contribution in [0.4, 0.5) is 11.4 Å². The van der Waals surface area contributed by atoms with E-state index < -0.39 is 10.8 Å². The van der Waals surface area contributed by atoms with E-state index in [0.29, 0.717) is 30.4 Å². The Morgan fingerprint density at radius 2 is 1.84 bits per heavy atom. The van der Waals surface area contributed by atoms with Gasteiger partial charge < -0.3 is 5.73 Å². The second-order valence-corrected chi connectivity index (χ2v) is 7.64. The first-order valence-electron chi connectivity index (χ1n) is 9.94. The number of allylic oxidation sites excluding steroid dienone is 3. The monoisotopic (exact) mass is 415 g/mol. The zero-order chi connectivity index (χ0) is 22.1. The first-order chi connectivity index (χ1) is 14.9. The molecule has 2 aromatic rings. The molecule has 4 rings (SSSR count). The maximum absolute atomic E-state index is 13.0. The average molecular weight is 415 g/mol. The Bertz CT molecular complexity index is 1160. The van der Waals surface area contributed by atoms with Crippen molar-refractivity contribution in [2.75, 3.05) is 5.43 Å². The van der Waals surface area contributed by atoms with Crippen LogP contribution in [0.2, 0.25) is 0 Å². The summed E-state index contributed by atoms with van der Waals surface area (Å²) < 4.78 is 0. The van der Waals surface area contributed by atoms with Gasteiger partial charge in [-0.2, -0.15) is 5.26 Å². The molecule has 0 saturated heterocycles. The number of nitrogens with two attached hydrogens (primary N) is 1. The van der Waals surface area contributed by atoms with Crippen LogP contribution in [0.5, 0.6) is 0 Å². The Hall–Kier alpha value is -4.12. The number of nitriles is 1. The standard InChI is InChI=1S/C23H21N5O3/c1-14-5-9-16(10-6-14)26-27-19-3-2-4-20(29)22(19)21(18(13-24)23(27)25)15-7-11-17(12-8-15)28(30)31/h5-12,21,26H,2-4,25H2,1H3/t21-/m0/s1. The summed E-state index contributed by atoms with van der Waals surface area (Å²) in [6, 6.07) is 15.8. The number of carbonyl (C=O) groups excluding carboxylic acids is 1. The molecule has 0 radical (unpaired) electrons. The number of benzene rings is 2. The van der Waals surface area contributed by atoms with E-state index in [1.165, 1.54) is 12.1 Å². The Balaban J connectivity index is 1.83. The van der Waals surface area contributed by atoms with Crippen molar-refractivity contribution in [2.45, 2.75) is 32.1 Å². The molecular weight excluding hydrogens is 394 g/mol. The summed E-state index contributed by atoms with van der Waals surface area (Å²) in [5, 5.41) is 22.6. The molecule has 0 unspecified atom stereocenters. The number of anilines is 1. The highest BCUT2D eigenvalue weighted by Crippen LogP contribution is 2.44. The van der Waals surface area contributed by atoms with Gasteiger partial charge in [-0.3, -0.25) is 20.3 Å². The van der Waals surface area contributed by atoms with Crippen molar-refractivity contribution >= 4 is 17.2 Å². The van der Waals surface area contributed by atoms with Crippen LogP contribution in [-0.4, -0.2) is 15.7 Å². The van der Waals surface area contributed by atoms with E-state index in [2.05, 4.69) is 11.5 Å². The zero-order valence-corrected chi connectivity index (χ0v) is 17.0. The minimum Gasteiger partial charge on any atom is -0.383 e. The van der Waals surface area contributed by atoms with E-state index in [-0.39, 0.29) is 22.9 Å². The van der Waals surface area contributed by atoms with Gasteiger partial charge in [-0.1, -0.05) is 29.8 Å². The summed E-state index contributed by atoms with van der Waals surface area (Å²) in [6.45, 7) is 1.99. The number of hydrogen-bond acceptors (Lipinski definition) is 7. The summed E-state index contributed by atoms with van der Waals surface area (Å²) in [6.07, 6.45) is 1.70. The number of nitrogens with zero attached hydrogens (tertiary/aromatic N) is 3. The minimum atomic E-state index is -0.648. The maximum Gasteiger partial charge on any atom is 0.269 e. The third kappa shape index (κ3) is 3.62. The molecule has 0 bridgehead atoms. The third-order valence-corrected chi connectivity index (χ3v) is 5.64. The second-order valence-electron chi connectivity index (χ2n) is 7.64. The number of non-ortho nitro benzene ring substituents is 1. The van der Waals surface area contributed by atoms with Gasteiger partial charge in [0.25, 0.3) is 5.69 Å². The van der Waals surface area contributed by atoms with E-state index in [0.717, 1.165) is 16.9 Å². The first-order valence-corrected chi connectivity index (χ1v) is 9.94. The van der Waals surface area contributed by atoms with Crippen LogP contribution < -0.4 is 11.2 Å². The fourth-order valence-electron chi connectivity index (χ4n) is 4.09. The number of carbonyl (C=O) groups is 1. The fraction of sp³-hybridized carbons (Fsp3) is 0.217. The van der Waals surface area contributed by atoms with Gasteiger partial charge in [0, 0.05) is 29.8 Å². The van der Waals surface area contributed by atoms with Crippen molar-refractivity contribution in [1.29, 1.82) is 5.26 Å². The highest BCUT2D eigenvalue weighted by molar-refractivity contribution is 5.99. The highest BCUT2D eigenvalue weighted by Gasteiger charge is 2.40. The summed E-state index contributed by atoms with van der Waals surface area (Å²) in [5.41, 5.74) is 13.6. The number of aryl methyl sites for hydroxylation is 1. The van der Waals surface area contributed by atoms with Crippen molar-refractivity contribution in [3.8, 4) is 6.07 Å². The lowest BCUT2D eigenvalue weighted by atomic mass is 9.76. The fourth-order valence-corrected chi connectivity index (χ4v) is 4.09. The zero-order valence-electron chi connectivity index (χ0n) is 17.0. The molecule has 2 aromatic carbocycles. The molecule has 1 aliphatic heterocycles. The van der Waals surface area contributed by atoms with Gasteiger partial charge in [0.15, 0.2) is 5.78 Å². The van der Waals surface area contributed by atoms with Crippen molar-refractivity contribution < 1.29 is 9.72 Å². The summed E-state index contributed by atoms with van der Waals surface area (Å²) in [7, 11) is 0. The van der Waals surface area contributed by atoms with E-state index in [4.69, 9.17) is 5.73 Å². The molecule has 0 amide bonds. The van der Waals surface area contributed by atoms with Crippen LogP contribution in [0.3, 0.4) is 0 Å². The lowest BCUT2D eigenvalue weighted by molar-refractivity contribution is -0.384. The van der Waals surface area contributed by atoms with Crippen molar-refractivity contribution in [3.63, 3.8) is 0 Å². The number of hydrogen-bond donors (Lipinski definition) is 2. The van der Waals surface area contributed by atoms with Crippen LogP contribution >= 0.6 is 0 Å². The van der Waals surface area contributed by atoms with Gasteiger partial charge in [-0.15, -0.1) is 0 Å². The largest absolute Gasteiger partial charge is 0.383 e. The van der Waals surface area contributed by atoms with Gasteiger partial charge in [0.05, 0.1) is 28.2 Å². The van der Waals surface area contributed by atoms with Gasteiger partial charge in [0.1, 0.15) is 5.82 Å². The summed E-state index contributed by atoms with van der Waals surface area (Å²) in [5.74, 6) is -0.467. The van der Waals surface area contributed by atoms with E-state index in [1.807, 2.05) is 31.2 Å². The minimum absolute atomic E-state index is 0.0411. The predicted octanol–water partition coefficient (Wildman–Crippen LogP) is 4.03. The van der Waals surface area contributed by atoms with Crippen molar-refractivity contribution in [2.24, 2.45) is 5.73 Å². The van der Waals surface area contributed by atoms with Gasteiger partial charge in [0.2, 0.25) is 0 Å². The second kappa shape index (κ2) is 7.95. The van der Waals surface area contributed by atoms with Gasteiger partial charge >= 0.3 is 0 Å². The molecule has 0 saturated carbocycles. The van der Waals surface area contributed by atoms with Crippen molar-refractivity contribution in [3.05, 3.63) is 92.4 Å². The molecule has 1 atom stereocenters. The molecule has 8 heteroatoms. The van der Waals surface area contributed by atoms with Crippen LogP contribution in [0.1, 0.15) is 36.3 Å². The van der Waals surface area contributed by atoms with Crippen LogP contribution in [-0.2, 0) is 4.79 Å². The van der Waals surface area contributed by atoms with E-state index >= 15 is 0 Å². The Morgan fingerprint density at radius 3 is 2.45 bits per heavy atom. The Labute approximate surface area is 179 Å². The first kappa shape index (κ1) is 20.2. The predicted molar refractivity (Wildman–Crippen MR) is 115 cm³/mol. The summed E-state index contributed by atoms with van der Waals surface area (Å²) in [4.78, 5) is 23.5. The number of nitro groups is 1. The normalized spacial score (nSPS) is 18.5. The van der Waals surface area contributed by atoms with Gasteiger partial charge in [-0.25, -0.2) is 5.01 Å². The maximum atomic E-state index is 13.0. The van der Waals surface area contributed by atoms with Crippen molar-refractivity contribution in [1.82, 2.24) is 5.01 Å². The van der Waals surface area contributed by atoms with E-state index in [9.17, 15) is 20.2 Å². The molecule has 1 heterocycles. The smallest absolute Gasteiger partial charge is 0.269 e. The number of hydrazine groups is 1.